The van der Waals surface area contributed by atoms with E-state index in [0.717, 1.165) is 10.4 Å². The molecule has 0 bridgehead atoms. The molecule has 0 radical (unpaired) electrons. The maximum Gasteiger partial charge on any atom is 0.309 e. The Morgan fingerprint density at radius 2 is 1.88 bits per heavy atom. The maximum absolute atomic E-state index is 12.2. The van der Waals surface area contributed by atoms with Crippen LogP contribution in [0.5, 0.6) is 5.75 Å². The van der Waals surface area contributed by atoms with E-state index in [1.807, 2.05) is 17.5 Å². The zero-order valence-electron chi connectivity index (χ0n) is 14.7. The van der Waals surface area contributed by atoms with E-state index >= 15 is 0 Å². The van der Waals surface area contributed by atoms with Gasteiger partial charge in [0.25, 0.3) is 5.91 Å². The van der Waals surface area contributed by atoms with Crippen LogP contribution in [0.3, 0.4) is 0 Å². The lowest BCUT2D eigenvalue weighted by molar-refractivity contribution is -0.139. The van der Waals surface area contributed by atoms with Gasteiger partial charge in [-0.2, -0.15) is 0 Å². The summed E-state index contributed by atoms with van der Waals surface area (Å²) in [5, 5.41) is 5.02. The lowest BCUT2D eigenvalue weighted by Gasteiger charge is -2.21. The van der Waals surface area contributed by atoms with Crippen LogP contribution in [0.25, 0.3) is 0 Å². The molecule has 0 fully saturated rings. The number of hydrogen-bond acceptors (Lipinski definition) is 5. The van der Waals surface area contributed by atoms with Crippen LogP contribution in [-0.2, 0) is 20.7 Å². The quantitative estimate of drug-likeness (QED) is 0.732. The fourth-order valence-electron chi connectivity index (χ4n) is 2.34. The van der Waals surface area contributed by atoms with E-state index in [1.165, 1.54) is 7.11 Å². The van der Waals surface area contributed by atoms with Crippen LogP contribution in [0, 0.1) is 5.92 Å². The van der Waals surface area contributed by atoms with E-state index in [1.54, 1.807) is 35.6 Å². The highest BCUT2D eigenvalue weighted by Gasteiger charge is 2.19. The molecule has 0 saturated carbocycles. The van der Waals surface area contributed by atoms with Crippen LogP contribution in [0.15, 0.2) is 41.8 Å². The molecule has 1 aromatic carbocycles. The van der Waals surface area contributed by atoms with Gasteiger partial charge in [-0.05, 0) is 35.1 Å². The Kier molecular flexibility index (Phi) is 7.01. The van der Waals surface area contributed by atoms with Gasteiger partial charge in [-0.1, -0.05) is 32.0 Å². The van der Waals surface area contributed by atoms with Gasteiger partial charge in [0.15, 0.2) is 6.61 Å². The number of ether oxygens (including phenoxy) is 2. The summed E-state index contributed by atoms with van der Waals surface area (Å²) < 4.78 is 10.2. The normalized spacial score (nSPS) is 11.8. The molecule has 0 aliphatic heterocycles. The van der Waals surface area contributed by atoms with Crippen molar-refractivity contribution in [2.45, 2.75) is 26.3 Å². The summed E-state index contributed by atoms with van der Waals surface area (Å²) in [5.74, 6) is 0.424. The first-order valence-electron chi connectivity index (χ1n) is 8.11. The molecule has 1 atom stereocenters. The zero-order chi connectivity index (χ0) is 18.2. The molecule has 0 unspecified atom stereocenters. The minimum atomic E-state index is -0.290. The molecule has 0 aliphatic carbocycles. The first-order chi connectivity index (χ1) is 12.0. The van der Waals surface area contributed by atoms with Crippen molar-refractivity contribution < 1.29 is 19.1 Å². The van der Waals surface area contributed by atoms with Crippen molar-refractivity contribution in [3.8, 4) is 5.75 Å². The van der Waals surface area contributed by atoms with Gasteiger partial charge in [0.05, 0.1) is 19.6 Å². The first kappa shape index (κ1) is 19.0. The van der Waals surface area contributed by atoms with Crippen molar-refractivity contribution in [3.63, 3.8) is 0 Å². The van der Waals surface area contributed by atoms with Gasteiger partial charge in [0, 0.05) is 4.88 Å². The van der Waals surface area contributed by atoms with Gasteiger partial charge in [0.1, 0.15) is 5.75 Å². The fourth-order valence-corrected chi connectivity index (χ4v) is 3.29. The second-order valence-corrected chi connectivity index (χ2v) is 6.97. The fraction of sp³-hybridized carbons (Fsp3) is 0.368. The van der Waals surface area contributed by atoms with Crippen molar-refractivity contribution in [1.82, 2.24) is 5.32 Å². The molecular weight excluding hydrogens is 338 g/mol. The molecule has 5 nitrogen and oxygen atoms in total. The predicted molar refractivity (Wildman–Crippen MR) is 97.7 cm³/mol. The van der Waals surface area contributed by atoms with Crippen molar-refractivity contribution in [2.75, 3.05) is 13.7 Å². The number of thiophene rings is 1. The predicted octanol–water partition coefficient (Wildman–Crippen LogP) is 3.36. The SMILES string of the molecule is COC(=O)Cc1ccc(OCC(=O)N[C@@H](c2cccs2)C(C)C)cc1. The number of esters is 1. The van der Waals surface area contributed by atoms with Gasteiger partial charge >= 0.3 is 5.97 Å². The highest BCUT2D eigenvalue weighted by Crippen LogP contribution is 2.25. The van der Waals surface area contributed by atoms with Crippen LogP contribution in [0.2, 0.25) is 0 Å². The molecule has 2 aromatic rings. The molecule has 1 heterocycles. The Morgan fingerprint density at radius 3 is 2.44 bits per heavy atom. The van der Waals surface area contributed by atoms with Crippen LogP contribution in [0.1, 0.15) is 30.3 Å². The van der Waals surface area contributed by atoms with Gasteiger partial charge in [-0.3, -0.25) is 9.59 Å². The second kappa shape index (κ2) is 9.22. The second-order valence-electron chi connectivity index (χ2n) is 5.99. The number of methoxy groups -OCH3 is 1. The summed E-state index contributed by atoms with van der Waals surface area (Å²) >= 11 is 1.63. The molecule has 0 aliphatic rings. The molecule has 134 valence electrons. The third-order valence-electron chi connectivity index (χ3n) is 3.70. The molecule has 25 heavy (non-hydrogen) atoms. The van der Waals surface area contributed by atoms with Crippen LogP contribution >= 0.6 is 11.3 Å². The third kappa shape index (κ3) is 5.90. The lowest BCUT2D eigenvalue weighted by Crippen LogP contribution is -2.34. The Bertz CT molecular complexity index is 680. The van der Waals surface area contributed by atoms with Gasteiger partial charge in [0.2, 0.25) is 0 Å². The van der Waals surface area contributed by atoms with Crippen LogP contribution in [0.4, 0.5) is 0 Å². The van der Waals surface area contributed by atoms with E-state index in [9.17, 15) is 9.59 Å². The molecule has 6 heteroatoms. The van der Waals surface area contributed by atoms with E-state index in [4.69, 9.17) is 4.74 Å². The maximum atomic E-state index is 12.2. The Hall–Kier alpha value is -2.34. The highest BCUT2D eigenvalue weighted by atomic mass is 32.1. The van der Waals surface area contributed by atoms with E-state index in [2.05, 4.69) is 23.9 Å². The Labute approximate surface area is 152 Å². The minimum Gasteiger partial charge on any atom is -0.484 e. The van der Waals surface area contributed by atoms with Crippen molar-refractivity contribution in [2.24, 2.45) is 5.92 Å². The lowest BCUT2D eigenvalue weighted by atomic mass is 10.0. The van der Waals surface area contributed by atoms with Crippen molar-refractivity contribution in [3.05, 3.63) is 52.2 Å². The molecule has 1 N–H and O–H groups in total. The van der Waals surface area contributed by atoms with E-state index in [0.29, 0.717) is 11.7 Å². The van der Waals surface area contributed by atoms with E-state index < -0.39 is 0 Å². The summed E-state index contributed by atoms with van der Waals surface area (Å²) in [6.45, 7) is 4.10. The number of carbonyl (C=O) groups excluding carboxylic acids is 2. The summed E-state index contributed by atoms with van der Waals surface area (Å²) in [4.78, 5) is 24.6. The number of hydrogen-bond donors (Lipinski definition) is 1. The molecule has 2 rings (SSSR count). The van der Waals surface area contributed by atoms with Crippen LogP contribution < -0.4 is 10.1 Å². The number of benzene rings is 1. The number of nitrogens with one attached hydrogen (secondary N) is 1. The highest BCUT2D eigenvalue weighted by molar-refractivity contribution is 7.10. The summed E-state index contributed by atoms with van der Waals surface area (Å²) in [5.41, 5.74) is 0.834. The molecule has 1 amide bonds. The first-order valence-corrected chi connectivity index (χ1v) is 8.99. The third-order valence-corrected chi connectivity index (χ3v) is 4.66. The summed E-state index contributed by atoms with van der Waals surface area (Å²) in [6.07, 6.45) is 0.216. The Morgan fingerprint density at radius 1 is 1.16 bits per heavy atom. The largest absolute Gasteiger partial charge is 0.484 e. The van der Waals surface area contributed by atoms with Crippen molar-refractivity contribution >= 4 is 23.2 Å². The minimum absolute atomic E-state index is 0.0152. The monoisotopic (exact) mass is 361 g/mol. The number of carbonyl (C=O) groups is 2. The van der Waals surface area contributed by atoms with Crippen molar-refractivity contribution in [1.29, 1.82) is 0 Å². The molecule has 0 saturated heterocycles. The average Bonchev–Trinajstić information content (AvgIpc) is 3.12. The Balaban J connectivity index is 1.86. The smallest absolute Gasteiger partial charge is 0.309 e. The standard InChI is InChI=1S/C19H23NO4S/c1-13(2)19(16-5-4-10-25-16)20-17(21)12-24-15-8-6-14(7-9-15)11-18(22)23-3/h4-10,13,19H,11-12H2,1-3H3,(H,20,21)/t19-/m1/s1. The number of amides is 1. The van der Waals surface area contributed by atoms with Crippen LogP contribution in [-0.4, -0.2) is 25.6 Å². The summed E-state index contributed by atoms with van der Waals surface area (Å²) in [6, 6.07) is 11.0. The molecule has 1 aromatic heterocycles. The zero-order valence-corrected chi connectivity index (χ0v) is 15.5. The number of rotatable bonds is 8. The van der Waals surface area contributed by atoms with Gasteiger partial charge < -0.3 is 14.8 Å². The van der Waals surface area contributed by atoms with Gasteiger partial charge in [-0.25, -0.2) is 0 Å². The average molecular weight is 361 g/mol. The topological polar surface area (TPSA) is 64.6 Å². The summed E-state index contributed by atoms with van der Waals surface area (Å²) in [7, 11) is 1.36. The molecule has 0 spiro atoms. The molecular formula is C19H23NO4S. The van der Waals surface area contributed by atoms with E-state index in [-0.39, 0.29) is 30.9 Å². The van der Waals surface area contributed by atoms with Gasteiger partial charge in [-0.15, -0.1) is 11.3 Å².